The molecule has 2 aromatic rings. The number of allylic oxidation sites excluding steroid dienone is 1. The number of rotatable bonds is 6. The van der Waals surface area contributed by atoms with Crippen LogP contribution >= 0.6 is 0 Å². The van der Waals surface area contributed by atoms with Crippen LogP contribution < -0.4 is 15.4 Å². The summed E-state index contributed by atoms with van der Waals surface area (Å²) in [5.74, 6) is -1.87. The minimum atomic E-state index is -5.36. The van der Waals surface area contributed by atoms with Crippen molar-refractivity contribution >= 4 is 23.6 Å². The van der Waals surface area contributed by atoms with Gasteiger partial charge in [-0.2, -0.15) is 26.3 Å². The largest absolute Gasteiger partial charge is 0.420 e. The minimum Gasteiger partial charge on any atom is -0.409 e. The molecule has 3 rings (SSSR count). The first-order valence-electron chi connectivity index (χ1n) is 10.3. The average molecular weight is 519 g/mol. The molecule has 36 heavy (non-hydrogen) atoms. The third-order valence-corrected chi connectivity index (χ3v) is 5.49. The number of anilines is 1. The van der Waals surface area contributed by atoms with Crippen LogP contribution in [0.2, 0.25) is 0 Å². The minimum absolute atomic E-state index is 0.0400. The van der Waals surface area contributed by atoms with Crippen LogP contribution in [0.5, 0.6) is 5.75 Å². The van der Waals surface area contributed by atoms with Crippen molar-refractivity contribution in [1.82, 2.24) is 0 Å². The number of hydrogen-bond donors (Lipinski definition) is 2. The van der Waals surface area contributed by atoms with E-state index in [2.05, 4.69) is 4.99 Å². The standard InChI is InChI=1S/C23H20F7N3O3/c1-33(16-4-2-15(24)3-5-16)20(35)36-19-17(13(10-31)11-32-21(12-34)6-7-21)8-14(22(25,26)27)9-18(19)23(28,29)30/h2-5,8-11,34H,6-7,12,31H2,1H3/b13-10+,32-11?. The molecule has 0 aromatic heterocycles. The number of halogens is 7. The van der Waals surface area contributed by atoms with E-state index in [-0.39, 0.29) is 18.4 Å². The van der Waals surface area contributed by atoms with Crippen molar-refractivity contribution in [3.8, 4) is 5.75 Å². The molecule has 0 bridgehead atoms. The number of carbonyl (C=O) groups excluding carboxylic acids is 1. The van der Waals surface area contributed by atoms with E-state index in [0.717, 1.165) is 42.4 Å². The third-order valence-electron chi connectivity index (χ3n) is 5.49. The van der Waals surface area contributed by atoms with Gasteiger partial charge in [0.15, 0.2) is 5.75 Å². The molecule has 194 valence electrons. The fourth-order valence-corrected chi connectivity index (χ4v) is 3.13. The number of aliphatic imine (C=N–C) groups is 1. The monoisotopic (exact) mass is 519 g/mol. The molecular formula is C23H20F7N3O3. The van der Waals surface area contributed by atoms with E-state index in [1.54, 1.807) is 0 Å². The van der Waals surface area contributed by atoms with Crippen LogP contribution in [0.15, 0.2) is 47.6 Å². The lowest BCUT2D eigenvalue weighted by Gasteiger charge is -2.22. The van der Waals surface area contributed by atoms with Crippen molar-refractivity contribution in [3.63, 3.8) is 0 Å². The zero-order valence-electron chi connectivity index (χ0n) is 18.6. The second-order valence-electron chi connectivity index (χ2n) is 8.06. The van der Waals surface area contributed by atoms with E-state index in [0.29, 0.717) is 25.1 Å². The Kier molecular flexibility index (Phi) is 7.35. The zero-order chi connectivity index (χ0) is 26.9. The van der Waals surface area contributed by atoms with Gasteiger partial charge in [0.05, 0.1) is 23.3 Å². The molecule has 1 fully saturated rings. The van der Waals surface area contributed by atoms with E-state index in [4.69, 9.17) is 10.5 Å². The molecule has 0 heterocycles. The number of carbonyl (C=O) groups is 1. The molecule has 0 aliphatic heterocycles. The van der Waals surface area contributed by atoms with Gasteiger partial charge in [0.2, 0.25) is 0 Å². The van der Waals surface area contributed by atoms with Crippen LogP contribution in [-0.4, -0.2) is 36.6 Å². The number of amides is 1. The van der Waals surface area contributed by atoms with Gasteiger partial charge in [-0.1, -0.05) is 0 Å². The van der Waals surface area contributed by atoms with Crippen molar-refractivity contribution in [2.45, 2.75) is 30.7 Å². The Balaban J connectivity index is 2.15. The maximum Gasteiger partial charge on any atom is 0.420 e. The number of aliphatic hydroxyl groups excluding tert-OH is 1. The number of hydrogen-bond acceptors (Lipinski definition) is 5. The van der Waals surface area contributed by atoms with Gasteiger partial charge in [-0.3, -0.25) is 9.89 Å². The predicted molar refractivity (Wildman–Crippen MR) is 117 cm³/mol. The first-order chi connectivity index (χ1) is 16.7. The first kappa shape index (κ1) is 27.0. The lowest BCUT2D eigenvalue weighted by molar-refractivity contribution is -0.143. The number of alkyl halides is 6. The van der Waals surface area contributed by atoms with Crippen LogP contribution in [0.1, 0.15) is 29.5 Å². The number of aliphatic hydroxyl groups is 1. The van der Waals surface area contributed by atoms with Crippen LogP contribution in [-0.2, 0) is 12.4 Å². The van der Waals surface area contributed by atoms with Crippen molar-refractivity contribution < 1.29 is 45.4 Å². The molecule has 0 unspecified atom stereocenters. The maximum atomic E-state index is 13.9. The van der Waals surface area contributed by atoms with Gasteiger partial charge < -0.3 is 15.6 Å². The number of benzene rings is 2. The molecule has 0 saturated heterocycles. The molecule has 1 aliphatic rings. The van der Waals surface area contributed by atoms with E-state index >= 15 is 0 Å². The van der Waals surface area contributed by atoms with Gasteiger partial charge in [0.1, 0.15) is 5.82 Å². The summed E-state index contributed by atoms with van der Waals surface area (Å²) in [6.45, 7) is -0.387. The van der Waals surface area contributed by atoms with Gasteiger partial charge in [-0.15, -0.1) is 0 Å². The second kappa shape index (κ2) is 9.80. The zero-order valence-corrected chi connectivity index (χ0v) is 18.6. The van der Waals surface area contributed by atoms with Crippen molar-refractivity contribution in [1.29, 1.82) is 0 Å². The fraction of sp³-hybridized carbons (Fsp3) is 0.304. The highest BCUT2D eigenvalue weighted by Crippen LogP contribution is 2.45. The van der Waals surface area contributed by atoms with Crippen LogP contribution in [0.3, 0.4) is 0 Å². The molecule has 1 saturated carbocycles. The quantitative estimate of drug-likeness (QED) is 0.396. The number of ether oxygens (including phenoxy) is 1. The third kappa shape index (κ3) is 5.96. The topological polar surface area (TPSA) is 88.2 Å². The molecule has 1 amide bonds. The lowest BCUT2D eigenvalue weighted by Crippen LogP contribution is -2.30. The molecule has 0 atom stereocenters. The second-order valence-corrected chi connectivity index (χ2v) is 8.06. The maximum absolute atomic E-state index is 13.9. The Morgan fingerprint density at radius 1 is 1.14 bits per heavy atom. The first-order valence-corrected chi connectivity index (χ1v) is 10.3. The molecule has 1 aliphatic carbocycles. The molecule has 13 heteroatoms. The predicted octanol–water partition coefficient (Wildman–Crippen LogP) is 5.39. The summed E-state index contributed by atoms with van der Waals surface area (Å²) < 4.78 is 100. The van der Waals surface area contributed by atoms with E-state index in [9.17, 15) is 40.6 Å². The summed E-state index contributed by atoms with van der Waals surface area (Å²) >= 11 is 0. The van der Waals surface area contributed by atoms with Gasteiger partial charge >= 0.3 is 18.4 Å². The van der Waals surface area contributed by atoms with Crippen LogP contribution in [0.4, 0.5) is 41.2 Å². The van der Waals surface area contributed by atoms with E-state index in [1.807, 2.05) is 0 Å². The highest BCUT2D eigenvalue weighted by atomic mass is 19.4. The van der Waals surface area contributed by atoms with Crippen molar-refractivity contribution in [2.24, 2.45) is 10.7 Å². The van der Waals surface area contributed by atoms with Crippen LogP contribution in [0.25, 0.3) is 5.57 Å². The van der Waals surface area contributed by atoms with Crippen molar-refractivity contribution in [2.75, 3.05) is 18.6 Å². The van der Waals surface area contributed by atoms with Gasteiger partial charge in [0.25, 0.3) is 0 Å². The Hall–Kier alpha value is -3.61. The summed E-state index contributed by atoms with van der Waals surface area (Å²) in [6.07, 6.45) is -9.37. The Morgan fingerprint density at radius 2 is 1.75 bits per heavy atom. The molecule has 0 spiro atoms. The molecule has 6 nitrogen and oxygen atoms in total. The molecule has 2 aromatic carbocycles. The molecule has 3 N–H and O–H groups in total. The lowest BCUT2D eigenvalue weighted by atomic mass is 9.98. The smallest absolute Gasteiger partial charge is 0.409 e. The van der Waals surface area contributed by atoms with Crippen molar-refractivity contribution in [3.05, 3.63) is 65.1 Å². The van der Waals surface area contributed by atoms with Crippen LogP contribution in [0, 0.1) is 5.82 Å². The molecular weight excluding hydrogens is 499 g/mol. The Morgan fingerprint density at radius 3 is 2.22 bits per heavy atom. The highest BCUT2D eigenvalue weighted by molar-refractivity contribution is 6.11. The van der Waals surface area contributed by atoms with E-state index < -0.39 is 57.8 Å². The summed E-state index contributed by atoms with van der Waals surface area (Å²) in [7, 11) is 1.12. The fourth-order valence-electron chi connectivity index (χ4n) is 3.13. The summed E-state index contributed by atoms with van der Waals surface area (Å²) in [5, 5.41) is 9.41. The SMILES string of the molecule is CN(C(=O)Oc1c(/C(C=NC2(CO)CC2)=C/N)cc(C(F)(F)F)cc1C(F)(F)F)c1ccc(F)cc1. The Bertz CT molecular complexity index is 1190. The van der Waals surface area contributed by atoms with Gasteiger partial charge in [0, 0.05) is 36.3 Å². The number of nitrogens with two attached hydrogens (primary N) is 1. The summed E-state index contributed by atoms with van der Waals surface area (Å²) in [5.41, 5.74) is -0.0745. The summed E-state index contributed by atoms with van der Waals surface area (Å²) in [4.78, 5) is 17.5. The normalized spacial score (nSPS) is 15.8. The average Bonchev–Trinajstić information content (AvgIpc) is 3.59. The van der Waals surface area contributed by atoms with Gasteiger partial charge in [-0.05, 0) is 49.2 Å². The Labute approximate surface area is 200 Å². The highest BCUT2D eigenvalue weighted by Gasteiger charge is 2.43. The van der Waals surface area contributed by atoms with Gasteiger partial charge in [-0.25, -0.2) is 9.18 Å². The number of nitrogens with zero attached hydrogens (tertiary/aromatic N) is 2. The summed E-state index contributed by atoms with van der Waals surface area (Å²) in [6, 6.07) is 4.47. The van der Waals surface area contributed by atoms with E-state index in [1.165, 1.54) is 0 Å². The molecule has 0 radical (unpaired) electrons.